The molecule has 0 spiro atoms. The zero-order chi connectivity index (χ0) is 13.3. The zero-order valence-corrected chi connectivity index (χ0v) is 12.0. The predicted octanol–water partition coefficient (Wildman–Crippen LogP) is 2.72. The molecule has 1 atom stereocenters. The number of hydrazine groups is 1. The molecule has 0 amide bonds. The largest absolute Gasteiger partial charge is 0.466 e. The van der Waals surface area contributed by atoms with E-state index in [-0.39, 0.29) is 6.04 Å². The standard InChI is InChI=1S/C13H19N3OS/c1-7-8(2)17-9(3)13(7)12(16-14)5-11-6-18-10(4)15-11/h6,12,16H,5,14H2,1-4H3. The van der Waals surface area contributed by atoms with Gasteiger partial charge < -0.3 is 4.42 Å². The molecule has 4 nitrogen and oxygen atoms in total. The number of thiazole rings is 1. The molecule has 2 heterocycles. The number of nitrogens with one attached hydrogen (secondary N) is 1. The van der Waals surface area contributed by atoms with E-state index in [0.29, 0.717) is 0 Å². The van der Waals surface area contributed by atoms with Gasteiger partial charge in [0.15, 0.2) is 0 Å². The molecule has 0 aromatic carbocycles. The first-order valence-electron chi connectivity index (χ1n) is 5.96. The summed E-state index contributed by atoms with van der Waals surface area (Å²) in [7, 11) is 0. The second kappa shape index (κ2) is 5.22. The number of furan rings is 1. The zero-order valence-electron chi connectivity index (χ0n) is 11.2. The smallest absolute Gasteiger partial charge is 0.106 e. The maximum absolute atomic E-state index is 5.69. The molecule has 18 heavy (non-hydrogen) atoms. The molecule has 2 rings (SSSR count). The Morgan fingerprint density at radius 2 is 2.06 bits per heavy atom. The van der Waals surface area contributed by atoms with Crippen molar-refractivity contribution in [3.8, 4) is 0 Å². The first kappa shape index (κ1) is 13.3. The van der Waals surface area contributed by atoms with Gasteiger partial charge in [-0.05, 0) is 33.3 Å². The Labute approximate surface area is 111 Å². The lowest BCUT2D eigenvalue weighted by Crippen LogP contribution is -2.30. The number of hydrogen-bond donors (Lipinski definition) is 2. The summed E-state index contributed by atoms with van der Waals surface area (Å²) in [4.78, 5) is 4.48. The summed E-state index contributed by atoms with van der Waals surface area (Å²) in [6, 6.07) is 0.0453. The molecule has 0 bridgehead atoms. The third-order valence-corrected chi connectivity index (χ3v) is 4.07. The lowest BCUT2D eigenvalue weighted by atomic mass is 9.99. The van der Waals surface area contributed by atoms with Crippen LogP contribution in [0.5, 0.6) is 0 Å². The van der Waals surface area contributed by atoms with Crippen LogP contribution in [-0.2, 0) is 6.42 Å². The van der Waals surface area contributed by atoms with E-state index in [9.17, 15) is 0 Å². The SMILES string of the molecule is Cc1nc(CC(NN)c2c(C)oc(C)c2C)cs1. The van der Waals surface area contributed by atoms with E-state index in [1.807, 2.05) is 20.8 Å². The van der Waals surface area contributed by atoms with Crippen LogP contribution in [0.2, 0.25) is 0 Å². The van der Waals surface area contributed by atoms with Crippen LogP contribution in [0.4, 0.5) is 0 Å². The summed E-state index contributed by atoms with van der Waals surface area (Å²) in [5, 5.41) is 3.16. The molecule has 0 radical (unpaired) electrons. The summed E-state index contributed by atoms with van der Waals surface area (Å²) in [5.41, 5.74) is 6.27. The van der Waals surface area contributed by atoms with E-state index in [0.717, 1.165) is 34.2 Å². The second-order valence-electron chi connectivity index (χ2n) is 4.53. The van der Waals surface area contributed by atoms with Crippen LogP contribution in [0, 0.1) is 27.7 Å². The minimum atomic E-state index is 0.0453. The highest BCUT2D eigenvalue weighted by molar-refractivity contribution is 7.09. The van der Waals surface area contributed by atoms with Crippen LogP contribution < -0.4 is 11.3 Å². The van der Waals surface area contributed by atoms with Gasteiger partial charge in [-0.25, -0.2) is 4.98 Å². The van der Waals surface area contributed by atoms with Crippen molar-refractivity contribution >= 4 is 11.3 Å². The lowest BCUT2D eigenvalue weighted by molar-refractivity contribution is 0.483. The van der Waals surface area contributed by atoms with E-state index < -0.39 is 0 Å². The first-order chi connectivity index (χ1) is 8.52. The molecular weight excluding hydrogens is 246 g/mol. The van der Waals surface area contributed by atoms with Crippen LogP contribution in [-0.4, -0.2) is 4.98 Å². The van der Waals surface area contributed by atoms with Crippen molar-refractivity contribution in [3.63, 3.8) is 0 Å². The average Bonchev–Trinajstić information content (AvgIpc) is 2.82. The van der Waals surface area contributed by atoms with Crippen LogP contribution in [0.3, 0.4) is 0 Å². The predicted molar refractivity (Wildman–Crippen MR) is 73.5 cm³/mol. The molecule has 1 unspecified atom stereocenters. The van der Waals surface area contributed by atoms with Gasteiger partial charge in [0.05, 0.1) is 16.7 Å². The first-order valence-corrected chi connectivity index (χ1v) is 6.84. The topological polar surface area (TPSA) is 64.1 Å². The Morgan fingerprint density at radius 1 is 1.33 bits per heavy atom. The van der Waals surface area contributed by atoms with Gasteiger partial charge in [0.1, 0.15) is 11.5 Å². The Hall–Kier alpha value is -1.17. The van der Waals surface area contributed by atoms with Crippen LogP contribution in [0.1, 0.15) is 39.4 Å². The van der Waals surface area contributed by atoms with E-state index in [1.54, 1.807) is 11.3 Å². The number of nitrogens with two attached hydrogens (primary N) is 1. The molecule has 0 saturated heterocycles. The van der Waals surface area contributed by atoms with Crippen molar-refractivity contribution in [2.24, 2.45) is 5.84 Å². The van der Waals surface area contributed by atoms with Crippen molar-refractivity contribution in [3.05, 3.63) is 38.7 Å². The molecule has 2 aromatic heterocycles. The highest BCUT2D eigenvalue weighted by Crippen LogP contribution is 2.29. The average molecular weight is 265 g/mol. The monoisotopic (exact) mass is 265 g/mol. The van der Waals surface area contributed by atoms with Crippen molar-refractivity contribution < 1.29 is 4.42 Å². The van der Waals surface area contributed by atoms with Crippen molar-refractivity contribution in [2.75, 3.05) is 0 Å². The van der Waals surface area contributed by atoms with Crippen LogP contribution >= 0.6 is 11.3 Å². The molecule has 0 aliphatic carbocycles. The molecule has 0 saturated carbocycles. The quantitative estimate of drug-likeness (QED) is 0.659. The third kappa shape index (κ3) is 2.48. The summed E-state index contributed by atoms with van der Waals surface area (Å²) < 4.78 is 5.66. The molecule has 3 N–H and O–H groups in total. The molecule has 0 fully saturated rings. The number of aryl methyl sites for hydroxylation is 3. The van der Waals surface area contributed by atoms with Crippen molar-refractivity contribution in [2.45, 2.75) is 40.2 Å². The van der Waals surface area contributed by atoms with Gasteiger partial charge >= 0.3 is 0 Å². The summed E-state index contributed by atoms with van der Waals surface area (Å²) in [6.07, 6.45) is 0.779. The van der Waals surface area contributed by atoms with Crippen molar-refractivity contribution in [1.29, 1.82) is 0 Å². The van der Waals surface area contributed by atoms with Gasteiger partial charge in [-0.15, -0.1) is 11.3 Å². The van der Waals surface area contributed by atoms with E-state index in [4.69, 9.17) is 10.3 Å². The Morgan fingerprint density at radius 3 is 2.50 bits per heavy atom. The third-order valence-electron chi connectivity index (χ3n) is 3.25. The van der Waals surface area contributed by atoms with Crippen LogP contribution in [0.15, 0.2) is 9.80 Å². The van der Waals surface area contributed by atoms with E-state index in [1.165, 1.54) is 5.56 Å². The second-order valence-corrected chi connectivity index (χ2v) is 5.60. The van der Waals surface area contributed by atoms with Gasteiger partial charge in [-0.1, -0.05) is 0 Å². The van der Waals surface area contributed by atoms with Crippen LogP contribution in [0.25, 0.3) is 0 Å². The minimum absolute atomic E-state index is 0.0453. The van der Waals surface area contributed by atoms with Gasteiger partial charge in [-0.2, -0.15) is 0 Å². The Kier molecular flexibility index (Phi) is 3.85. The number of nitrogens with zero attached hydrogens (tertiary/aromatic N) is 1. The minimum Gasteiger partial charge on any atom is -0.466 e. The maximum atomic E-state index is 5.69. The molecule has 2 aromatic rings. The van der Waals surface area contributed by atoms with Gasteiger partial charge in [0, 0.05) is 17.4 Å². The summed E-state index contributed by atoms with van der Waals surface area (Å²) in [5.74, 6) is 7.58. The highest BCUT2D eigenvalue weighted by atomic mass is 32.1. The fourth-order valence-corrected chi connectivity index (χ4v) is 2.90. The molecule has 0 aliphatic rings. The number of aromatic nitrogens is 1. The fraction of sp³-hybridized carbons (Fsp3) is 0.462. The van der Waals surface area contributed by atoms with E-state index >= 15 is 0 Å². The van der Waals surface area contributed by atoms with Gasteiger partial charge in [-0.3, -0.25) is 11.3 Å². The number of hydrogen-bond acceptors (Lipinski definition) is 5. The lowest BCUT2D eigenvalue weighted by Gasteiger charge is -2.15. The van der Waals surface area contributed by atoms with Gasteiger partial charge in [0.2, 0.25) is 0 Å². The molecule has 98 valence electrons. The molecule has 5 heteroatoms. The van der Waals surface area contributed by atoms with Crippen molar-refractivity contribution in [1.82, 2.24) is 10.4 Å². The molecular formula is C13H19N3OS. The maximum Gasteiger partial charge on any atom is 0.106 e. The highest BCUT2D eigenvalue weighted by Gasteiger charge is 2.21. The number of rotatable bonds is 4. The normalized spacial score (nSPS) is 12.9. The van der Waals surface area contributed by atoms with Gasteiger partial charge in [0.25, 0.3) is 0 Å². The van der Waals surface area contributed by atoms with E-state index in [2.05, 4.69) is 22.7 Å². The Bertz CT molecular complexity index is 544. The summed E-state index contributed by atoms with van der Waals surface area (Å²) >= 11 is 1.66. The summed E-state index contributed by atoms with van der Waals surface area (Å²) in [6.45, 7) is 8.04. The fourth-order valence-electron chi connectivity index (χ4n) is 2.28. The Balaban J connectivity index is 2.28. The molecule has 0 aliphatic heterocycles.